The van der Waals surface area contributed by atoms with E-state index in [0.717, 1.165) is 4.57 Å². The normalized spacial score (nSPS) is 25.4. The first-order valence-corrected chi connectivity index (χ1v) is 7.52. The predicted molar refractivity (Wildman–Crippen MR) is 82.1 cm³/mol. The average molecular weight is 339 g/mol. The van der Waals surface area contributed by atoms with Crippen LogP contribution in [0.3, 0.4) is 0 Å². The fourth-order valence-corrected chi connectivity index (χ4v) is 3.41. The topological polar surface area (TPSA) is 172 Å². The minimum absolute atomic E-state index is 0.0654. The number of hydrogen-bond acceptors (Lipinski definition) is 8. The first-order chi connectivity index (χ1) is 10.9. The molecule has 0 amide bonds. The van der Waals surface area contributed by atoms with E-state index in [4.69, 9.17) is 16.0 Å². The maximum absolute atomic E-state index is 12.3. The minimum Gasteiger partial charge on any atom is -0.391 e. The van der Waals surface area contributed by atoms with E-state index >= 15 is 0 Å². The molecule has 2 aromatic heterocycles. The second-order valence-electron chi connectivity index (χ2n) is 5.16. The molecule has 0 saturated carbocycles. The number of rotatable bonds is 3. The lowest BCUT2D eigenvalue weighted by Crippen LogP contribution is -2.27. The molecular formula is C11H13N7O4S. The number of hydrogen-bond donors (Lipinski definition) is 3. The van der Waals surface area contributed by atoms with Gasteiger partial charge in [-0.25, -0.2) is 0 Å². The summed E-state index contributed by atoms with van der Waals surface area (Å²) in [6, 6.07) is -0.711. The molecule has 23 heavy (non-hydrogen) atoms. The Bertz CT molecular complexity index is 909. The highest BCUT2D eigenvalue weighted by molar-refractivity contribution is 7.16. The van der Waals surface area contributed by atoms with Gasteiger partial charge in [0.1, 0.15) is 10.9 Å². The van der Waals surface area contributed by atoms with Gasteiger partial charge in [-0.3, -0.25) is 19.1 Å². The van der Waals surface area contributed by atoms with Crippen molar-refractivity contribution in [2.45, 2.75) is 37.8 Å². The molecule has 2 aromatic rings. The maximum Gasteiger partial charge on any atom is 0.311 e. The van der Waals surface area contributed by atoms with Gasteiger partial charge in [-0.15, -0.1) is 0 Å². The molecule has 0 aliphatic carbocycles. The van der Waals surface area contributed by atoms with Crippen LogP contribution >= 0.6 is 11.3 Å². The highest BCUT2D eigenvalue weighted by atomic mass is 32.1. The van der Waals surface area contributed by atoms with Crippen LogP contribution in [0, 0.1) is 0 Å². The van der Waals surface area contributed by atoms with E-state index in [1.807, 2.05) is 0 Å². The first-order valence-electron chi connectivity index (χ1n) is 6.71. The van der Waals surface area contributed by atoms with Gasteiger partial charge in [0.15, 0.2) is 5.65 Å². The number of aliphatic hydroxyl groups is 1. The van der Waals surface area contributed by atoms with Crippen LogP contribution in [0.2, 0.25) is 0 Å². The molecule has 4 unspecified atom stereocenters. The van der Waals surface area contributed by atoms with Crippen LogP contribution in [0.5, 0.6) is 0 Å². The third-order valence-corrected chi connectivity index (χ3v) is 4.54. The van der Waals surface area contributed by atoms with Gasteiger partial charge < -0.3 is 15.6 Å². The molecule has 1 saturated heterocycles. The predicted octanol–water partition coefficient (Wildman–Crippen LogP) is 0.0757. The number of aromatic amines is 1. The van der Waals surface area contributed by atoms with Crippen LogP contribution in [0.4, 0.5) is 5.95 Å². The van der Waals surface area contributed by atoms with Crippen molar-refractivity contribution in [3.05, 3.63) is 30.5 Å². The van der Waals surface area contributed by atoms with Crippen molar-refractivity contribution in [1.29, 1.82) is 0 Å². The van der Waals surface area contributed by atoms with Crippen LogP contribution in [0.25, 0.3) is 20.8 Å². The molecule has 122 valence electrons. The van der Waals surface area contributed by atoms with Gasteiger partial charge in [-0.1, -0.05) is 16.5 Å². The maximum atomic E-state index is 12.3. The van der Waals surface area contributed by atoms with Crippen LogP contribution in [-0.4, -0.2) is 37.9 Å². The molecule has 1 fully saturated rings. The molecule has 1 aliphatic rings. The second-order valence-corrected chi connectivity index (χ2v) is 6.12. The number of azide groups is 1. The Balaban J connectivity index is 2.18. The number of H-pyrrole nitrogens is 1. The largest absolute Gasteiger partial charge is 0.391 e. The fourth-order valence-electron chi connectivity index (χ4n) is 2.56. The van der Waals surface area contributed by atoms with Crippen LogP contribution < -0.4 is 16.2 Å². The minimum atomic E-state index is -0.958. The third-order valence-electron chi connectivity index (χ3n) is 3.60. The number of fused-ring (bicyclic) bond motifs is 1. The number of aliphatic hydroxyl groups excluding tert-OH is 1. The van der Waals surface area contributed by atoms with Crippen molar-refractivity contribution in [1.82, 2.24) is 14.5 Å². The Morgan fingerprint density at radius 1 is 1.65 bits per heavy atom. The number of nitrogens with two attached hydrogens (primary N) is 1. The Morgan fingerprint density at radius 2 is 2.39 bits per heavy atom. The zero-order valence-electron chi connectivity index (χ0n) is 11.9. The summed E-state index contributed by atoms with van der Waals surface area (Å²) in [5.74, 6) is -0.139. The summed E-state index contributed by atoms with van der Waals surface area (Å²) < 4.78 is 6.91. The Labute approximate surface area is 132 Å². The van der Waals surface area contributed by atoms with Gasteiger partial charge in [-0.05, 0) is 18.9 Å². The SMILES string of the molecule is CC(O)C1CC(N=[N+]=[N-])C(n2c(=O)sc3c(=O)[nH]c(N)nc32)O1. The number of thiazole rings is 1. The fraction of sp³-hybridized carbons (Fsp3) is 0.545. The number of nitrogens with one attached hydrogen (secondary N) is 1. The molecule has 12 heteroatoms. The monoisotopic (exact) mass is 339 g/mol. The summed E-state index contributed by atoms with van der Waals surface area (Å²) in [4.78, 5) is 32.7. The smallest absolute Gasteiger partial charge is 0.311 e. The molecule has 3 rings (SSSR count). The van der Waals surface area contributed by atoms with Gasteiger partial charge in [0, 0.05) is 4.91 Å². The van der Waals surface area contributed by atoms with E-state index in [2.05, 4.69) is 20.0 Å². The molecular weight excluding hydrogens is 326 g/mol. The van der Waals surface area contributed by atoms with Crippen molar-refractivity contribution < 1.29 is 9.84 Å². The second kappa shape index (κ2) is 5.66. The average Bonchev–Trinajstić information content (AvgIpc) is 3.00. The number of nitrogen functional groups attached to an aromatic ring is 1. The van der Waals surface area contributed by atoms with Crippen LogP contribution in [-0.2, 0) is 4.74 Å². The zero-order valence-corrected chi connectivity index (χ0v) is 12.7. The van der Waals surface area contributed by atoms with Crippen LogP contribution in [0.1, 0.15) is 19.6 Å². The van der Waals surface area contributed by atoms with Gasteiger partial charge >= 0.3 is 4.87 Å². The van der Waals surface area contributed by atoms with E-state index in [9.17, 15) is 14.7 Å². The Morgan fingerprint density at radius 3 is 3.04 bits per heavy atom. The summed E-state index contributed by atoms with van der Waals surface area (Å²) in [5, 5.41) is 13.3. The van der Waals surface area contributed by atoms with Crippen LogP contribution in [0.15, 0.2) is 14.7 Å². The lowest BCUT2D eigenvalue weighted by atomic mass is 10.1. The third kappa shape index (κ3) is 2.57. The Kier molecular flexibility index (Phi) is 3.82. The highest BCUT2D eigenvalue weighted by Crippen LogP contribution is 2.34. The first kappa shape index (κ1) is 15.5. The van der Waals surface area contributed by atoms with E-state index < -0.39 is 34.9 Å². The number of ether oxygens (including phenoxy) is 1. The number of nitrogens with zero attached hydrogens (tertiary/aromatic N) is 5. The molecule has 0 aromatic carbocycles. The van der Waals surface area contributed by atoms with Crippen molar-refractivity contribution in [3.8, 4) is 0 Å². The number of aromatic nitrogens is 3. The molecule has 4 N–H and O–H groups in total. The van der Waals surface area contributed by atoms with Crippen molar-refractivity contribution in [3.63, 3.8) is 0 Å². The van der Waals surface area contributed by atoms with Gasteiger partial charge in [-0.2, -0.15) is 4.98 Å². The summed E-state index contributed by atoms with van der Waals surface area (Å²) in [6.07, 6.45) is -2.12. The summed E-state index contributed by atoms with van der Waals surface area (Å²) in [6.45, 7) is 1.54. The van der Waals surface area contributed by atoms with Crippen molar-refractivity contribution >= 4 is 27.6 Å². The Hall–Kier alpha value is -2.40. The zero-order chi connectivity index (χ0) is 16.7. The summed E-state index contributed by atoms with van der Waals surface area (Å²) in [7, 11) is 0. The summed E-state index contributed by atoms with van der Waals surface area (Å²) in [5.41, 5.74) is 13.8. The highest BCUT2D eigenvalue weighted by Gasteiger charge is 2.40. The molecule has 0 radical (unpaired) electrons. The van der Waals surface area contributed by atoms with Crippen molar-refractivity contribution in [2.75, 3.05) is 5.73 Å². The summed E-state index contributed by atoms with van der Waals surface area (Å²) >= 11 is 0.699. The number of anilines is 1. The van der Waals surface area contributed by atoms with E-state index in [-0.39, 0.29) is 22.7 Å². The van der Waals surface area contributed by atoms with Gasteiger partial charge in [0.2, 0.25) is 5.95 Å². The molecule has 0 bridgehead atoms. The molecule has 4 atom stereocenters. The van der Waals surface area contributed by atoms with Gasteiger partial charge in [0.25, 0.3) is 5.56 Å². The van der Waals surface area contributed by atoms with E-state index in [0.29, 0.717) is 11.3 Å². The molecule has 3 heterocycles. The quantitative estimate of drug-likeness (QED) is 0.405. The standard InChI is InChI=1S/C11H13N7O4S/c1-3(19)5-2-4(16-17-13)9(22-5)18-7-6(23-11(18)21)8(20)15-10(12)14-7/h3-5,9,19H,2H2,1H3,(H3,12,14,15,20). The molecule has 1 aliphatic heterocycles. The molecule has 11 nitrogen and oxygen atoms in total. The lowest BCUT2D eigenvalue weighted by Gasteiger charge is -2.17. The van der Waals surface area contributed by atoms with Gasteiger partial charge in [0.05, 0.1) is 18.2 Å². The lowest BCUT2D eigenvalue weighted by molar-refractivity contribution is -0.0542. The molecule has 0 spiro atoms. The van der Waals surface area contributed by atoms with E-state index in [1.165, 1.54) is 6.92 Å². The van der Waals surface area contributed by atoms with Crippen molar-refractivity contribution in [2.24, 2.45) is 5.11 Å². The van der Waals surface area contributed by atoms with E-state index in [1.54, 1.807) is 0 Å².